The Kier molecular flexibility index (Phi) is 5.51. The van der Waals surface area contributed by atoms with Gasteiger partial charge in [0.1, 0.15) is 0 Å². The Balaban J connectivity index is 0.000001000. The Bertz CT molecular complexity index is 83.6. The number of nitrogens with zero attached hydrogens (tertiary/aromatic N) is 1. The quantitative estimate of drug-likeness (QED) is 0.619. The molecule has 1 heterocycles. The third-order valence-corrected chi connectivity index (χ3v) is 2.10. The Labute approximate surface area is 71.0 Å². The van der Waals surface area contributed by atoms with Crippen molar-refractivity contribution in [2.24, 2.45) is 0 Å². The predicted octanol–water partition coefficient (Wildman–Crippen LogP) is 1.33. The van der Waals surface area contributed by atoms with E-state index in [0.29, 0.717) is 0 Å². The number of nitrogens with one attached hydrogen (secondary N) is 1. The lowest BCUT2D eigenvalue weighted by Crippen LogP contribution is -2.33. The lowest BCUT2D eigenvalue weighted by Gasteiger charge is -2.23. The Morgan fingerprint density at radius 3 is 2.55 bits per heavy atom. The van der Waals surface area contributed by atoms with Gasteiger partial charge in [-0.25, -0.2) is 0 Å². The van der Waals surface area contributed by atoms with Crippen LogP contribution in [-0.4, -0.2) is 37.1 Å². The van der Waals surface area contributed by atoms with Crippen molar-refractivity contribution in [2.45, 2.75) is 33.7 Å². The zero-order valence-corrected chi connectivity index (χ0v) is 7.06. The molecular weight excluding hydrogens is 136 g/mol. The highest BCUT2D eigenvalue weighted by molar-refractivity contribution is 4.68. The van der Waals surface area contributed by atoms with Gasteiger partial charge in [0.05, 0.1) is 0 Å². The van der Waals surface area contributed by atoms with E-state index in [9.17, 15) is 0 Å². The molecule has 0 aromatic carbocycles. The second kappa shape index (κ2) is 5.56. The van der Waals surface area contributed by atoms with Crippen molar-refractivity contribution < 1.29 is 0 Å². The molecule has 68 valence electrons. The molecule has 1 N–H and O–H groups in total. The molecule has 1 saturated heterocycles. The standard InChI is InChI=1S/C8H18N2.CH4/c1-8(2)10-6-3-4-9-5-7-10;/h8-9H,3-7H2,1-2H3;1H4. The number of hydrogen-bond donors (Lipinski definition) is 1. The molecule has 1 aliphatic rings. The van der Waals surface area contributed by atoms with Crippen LogP contribution >= 0.6 is 0 Å². The van der Waals surface area contributed by atoms with E-state index >= 15 is 0 Å². The highest BCUT2D eigenvalue weighted by Gasteiger charge is 2.10. The van der Waals surface area contributed by atoms with Crippen LogP contribution in [0.1, 0.15) is 27.7 Å². The van der Waals surface area contributed by atoms with Gasteiger partial charge < -0.3 is 5.32 Å². The summed E-state index contributed by atoms with van der Waals surface area (Å²) in [7, 11) is 0. The summed E-state index contributed by atoms with van der Waals surface area (Å²) >= 11 is 0. The van der Waals surface area contributed by atoms with Gasteiger partial charge >= 0.3 is 0 Å². The van der Waals surface area contributed by atoms with Crippen LogP contribution < -0.4 is 5.32 Å². The van der Waals surface area contributed by atoms with Crippen molar-refractivity contribution in [1.29, 1.82) is 0 Å². The first kappa shape index (κ1) is 10.9. The van der Waals surface area contributed by atoms with Crippen molar-refractivity contribution in [3.63, 3.8) is 0 Å². The van der Waals surface area contributed by atoms with E-state index in [-0.39, 0.29) is 7.43 Å². The molecule has 0 aromatic heterocycles. The van der Waals surface area contributed by atoms with E-state index in [2.05, 4.69) is 24.1 Å². The van der Waals surface area contributed by atoms with Gasteiger partial charge in [0, 0.05) is 19.1 Å². The van der Waals surface area contributed by atoms with Crippen molar-refractivity contribution in [3.8, 4) is 0 Å². The zero-order valence-electron chi connectivity index (χ0n) is 7.06. The fraction of sp³-hybridized carbons (Fsp3) is 1.00. The van der Waals surface area contributed by atoms with Gasteiger partial charge in [-0.1, -0.05) is 7.43 Å². The first-order chi connectivity index (χ1) is 4.80. The molecule has 1 rings (SSSR count). The van der Waals surface area contributed by atoms with Gasteiger partial charge in [0.2, 0.25) is 0 Å². The molecule has 0 aromatic rings. The molecule has 0 amide bonds. The molecule has 2 nitrogen and oxygen atoms in total. The van der Waals surface area contributed by atoms with Crippen LogP contribution in [0, 0.1) is 0 Å². The molecule has 0 atom stereocenters. The van der Waals surface area contributed by atoms with Crippen LogP contribution in [0.3, 0.4) is 0 Å². The van der Waals surface area contributed by atoms with Gasteiger partial charge in [-0.15, -0.1) is 0 Å². The van der Waals surface area contributed by atoms with Gasteiger partial charge in [-0.2, -0.15) is 0 Å². The highest BCUT2D eigenvalue weighted by Crippen LogP contribution is 2.00. The summed E-state index contributed by atoms with van der Waals surface area (Å²) in [6, 6.07) is 0.722. The molecule has 1 aliphatic heterocycles. The zero-order chi connectivity index (χ0) is 7.40. The summed E-state index contributed by atoms with van der Waals surface area (Å²) in [5.74, 6) is 0. The van der Waals surface area contributed by atoms with Crippen molar-refractivity contribution >= 4 is 0 Å². The largest absolute Gasteiger partial charge is 0.315 e. The van der Waals surface area contributed by atoms with E-state index in [0.717, 1.165) is 12.6 Å². The second-order valence-corrected chi connectivity index (χ2v) is 3.23. The maximum Gasteiger partial charge on any atom is 0.0110 e. The summed E-state index contributed by atoms with van der Waals surface area (Å²) < 4.78 is 0. The maximum absolute atomic E-state index is 3.39. The van der Waals surface area contributed by atoms with Gasteiger partial charge in [0.25, 0.3) is 0 Å². The van der Waals surface area contributed by atoms with Crippen LogP contribution in [0.25, 0.3) is 0 Å². The Morgan fingerprint density at radius 2 is 1.91 bits per heavy atom. The van der Waals surface area contributed by atoms with Crippen LogP contribution in [0.4, 0.5) is 0 Å². The fourth-order valence-corrected chi connectivity index (χ4v) is 1.38. The molecule has 0 radical (unpaired) electrons. The highest BCUT2D eigenvalue weighted by atomic mass is 15.2. The van der Waals surface area contributed by atoms with Crippen LogP contribution in [0.5, 0.6) is 0 Å². The van der Waals surface area contributed by atoms with Gasteiger partial charge in [0.15, 0.2) is 0 Å². The molecule has 2 heteroatoms. The Morgan fingerprint density at radius 1 is 1.18 bits per heavy atom. The first-order valence-electron chi connectivity index (χ1n) is 4.25. The molecule has 0 bridgehead atoms. The monoisotopic (exact) mass is 158 g/mol. The minimum absolute atomic E-state index is 0. The van der Waals surface area contributed by atoms with Gasteiger partial charge in [-0.05, 0) is 33.4 Å². The summed E-state index contributed by atoms with van der Waals surface area (Å²) in [4.78, 5) is 2.53. The summed E-state index contributed by atoms with van der Waals surface area (Å²) in [5.41, 5.74) is 0. The molecule has 0 unspecified atom stereocenters. The van der Waals surface area contributed by atoms with Crippen molar-refractivity contribution in [1.82, 2.24) is 10.2 Å². The fourth-order valence-electron chi connectivity index (χ4n) is 1.38. The Hall–Kier alpha value is -0.0800. The van der Waals surface area contributed by atoms with Gasteiger partial charge in [-0.3, -0.25) is 4.90 Å². The van der Waals surface area contributed by atoms with E-state index < -0.39 is 0 Å². The lowest BCUT2D eigenvalue weighted by atomic mass is 10.3. The average Bonchev–Trinajstić information content (AvgIpc) is 2.12. The van der Waals surface area contributed by atoms with E-state index in [1.807, 2.05) is 0 Å². The van der Waals surface area contributed by atoms with E-state index in [1.54, 1.807) is 0 Å². The van der Waals surface area contributed by atoms with Crippen LogP contribution in [0.2, 0.25) is 0 Å². The molecular formula is C9H22N2. The molecule has 1 fully saturated rings. The van der Waals surface area contributed by atoms with E-state index in [4.69, 9.17) is 0 Å². The molecule has 0 spiro atoms. The number of rotatable bonds is 1. The maximum atomic E-state index is 3.39. The van der Waals surface area contributed by atoms with Crippen molar-refractivity contribution in [2.75, 3.05) is 26.2 Å². The minimum Gasteiger partial charge on any atom is -0.315 e. The average molecular weight is 158 g/mol. The molecule has 11 heavy (non-hydrogen) atoms. The third kappa shape index (κ3) is 3.73. The topological polar surface area (TPSA) is 15.3 Å². The van der Waals surface area contributed by atoms with Crippen LogP contribution in [-0.2, 0) is 0 Å². The predicted molar refractivity (Wildman–Crippen MR) is 50.9 cm³/mol. The second-order valence-electron chi connectivity index (χ2n) is 3.23. The molecule has 0 aliphatic carbocycles. The minimum atomic E-state index is 0. The summed E-state index contributed by atoms with van der Waals surface area (Å²) in [5, 5.41) is 3.39. The van der Waals surface area contributed by atoms with E-state index in [1.165, 1.54) is 26.1 Å². The number of hydrogen-bond acceptors (Lipinski definition) is 2. The smallest absolute Gasteiger partial charge is 0.0110 e. The molecule has 0 saturated carbocycles. The lowest BCUT2D eigenvalue weighted by molar-refractivity contribution is 0.237. The van der Waals surface area contributed by atoms with Crippen molar-refractivity contribution in [3.05, 3.63) is 0 Å². The SMILES string of the molecule is C.CC(C)N1CCCNCC1. The third-order valence-electron chi connectivity index (χ3n) is 2.10. The summed E-state index contributed by atoms with van der Waals surface area (Å²) in [6.07, 6.45) is 1.30. The first-order valence-corrected chi connectivity index (χ1v) is 4.25. The normalized spacial score (nSPS) is 21.0. The summed E-state index contributed by atoms with van der Waals surface area (Å²) in [6.45, 7) is 9.39. The van der Waals surface area contributed by atoms with Crippen LogP contribution in [0.15, 0.2) is 0 Å².